The fourth-order valence-electron chi connectivity index (χ4n) is 2.07. The molecule has 10 heteroatoms. The Bertz CT molecular complexity index is 969. The van der Waals surface area contributed by atoms with Crippen molar-refractivity contribution in [1.29, 1.82) is 0 Å². The highest BCUT2D eigenvalue weighted by Crippen LogP contribution is 2.28. The number of benzene rings is 1. The van der Waals surface area contributed by atoms with Crippen molar-refractivity contribution in [2.45, 2.75) is 16.6 Å². The minimum Gasteiger partial charge on any atom is -0.467 e. The smallest absolute Gasteiger partial charge is 0.237 e. The molecule has 26 heavy (non-hydrogen) atoms. The maximum absolute atomic E-state index is 13.0. The number of nitrogens with one attached hydrogen (secondary N) is 1. The number of thioether (sulfide) groups is 1. The summed E-state index contributed by atoms with van der Waals surface area (Å²) in [5.74, 6) is 1.89. The summed E-state index contributed by atoms with van der Waals surface area (Å²) in [6.45, 7) is 0.553. The Kier molecular flexibility index (Phi) is 4.93. The molecule has 0 aliphatic rings. The molecule has 1 N–H and O–H groups in total. The van der Waals surface area contributed by atoms with Crippen LogP contribution in [0.5, 0.6) is 0 Å². The van der Waals surface area contributed by atoms with Crippen molar-refractivity contribution >= 4 is 28.2 Å². The monoisotopic (exact) mass is 389 g/mol. The molecule has 4 rings (SSSR count). The molecule has 0 unspecified atom stereocenters. The van der Waals surface area contributed by atoms with E-state index in [1.165, 1.54) is 35.2 Å². The highest BCUT2D eigenvalue weighted by molar-refractivity contribution is 8.00. The average molecular weight is 389 g/mol. The molecular weight excluding hydrogens is 377 g/mol. The van der Waals surface area contributed by atoms with Crippen molar-refractivity contribution in [2.24, 2.45) is 0 Å². The molecule has 0 atom stereocenters. The van der Waals surface area contributed by atoms with E-state index < -0.39 is 0 Å². The Morgan fingerprint density at radius 3 is 2.85 bits per heavy atom. The third-order valence-electron chi connectivity index (χ3n) is 3.29. The van der Waals surface area contributed by atoms with E-state index in [1.807, 2.05) is 12.1 Å². The van der Waals surface area contributed by atoms with Crippen LogP contribution in [-0.4, -0.2) is 20.3 Å². The fraction of sp³-hybridized carbons (Fsp3) is 0.125. The van der Waals surface area contributed by atoms with Gasteiger partial charge in [-0.1, -0.05) is 28.3 Å². The van der Waals surface area contributed by atoms with Crippen LogP contribution < -0.4 is 5.32 Å². The van der Waals surface area contributed by atoms with Gasteiger partial charge in [0.1, 0.15) is 11.6 Å². The van der Waals surface area contributed by atoms with Gasteiger partial charge in [0.05, 0.1) is 18.6 Å². The first-order valence-electron chi connectivity index (χ1n) is 7.57. The number of hydrogen-bond acceptors (Lipinski definition) is 9. The molecular formula is C16H12FN5O2S2. The molecule has 0 saturated carbocycles. The Morgan fingerprint density at radius 1 is 1.15 bits per heavy atom. The third-order valence-corrected chi connectivity index (χ3v) is 5.29. The van der Waals surface area contributed by atoms with Gasteiger partial charge in [-0.3, -0.25) is 0 Å². The summed E-state index contributed by atoms with van der Waals surface area (Å²) in [5.41, 5.74) is 0.701. The van der Waals surface area contributed by atoms with Gasteiger partial charge in [-0.05, 0) is 36.4 Å². The van der Waals surface area contributed by atoms with Gasteiger partial charge in [-0.15, -0.1) is 10.2 Å². The Balaban J connectivity index is 1.32. The Labute approximate surface area is 155 Å². The van der Waals surface area contributed by atoms with E-state index in [0.29, 0.717) is 34.7 Å². The first-order chi connectivity index (χ1) is 12.8. The Morgan fingerprint density at radius 2 is 2.04 bits per heavy atom. The van der Waals surface area contributed by atoms with E-state index in [-0.39, 0.29) is 5.82 Å². The highest BCUT2D eigenvalue weighted by Gasteiger charge is 2.11. The standard InChI is InChI=1S/C16H12FN5O2S2/c17-11-5-3-10(4-6-11)14-19-13(24-22-14)9-25-16-21-20-15(26-16)18-8-12-2-1-7-23-12/h1-7H,8-9H2,(H,18,20). The molecule has 4 aromatic rings. The number of halogens is 1. The summed E-state index contributed by atoms with van der Waals surface area (Å²) in [7, 11) is 0. The van der Waals surface area contributed by atoms with Gasteiger partial charge in [0.2, 0.25) is 16.8 Å². The number of rotatable bonds is 7. The summed E-state index contributed by atoms with van der Waals surface area (Å²) in [6, 6.07) is 9.66. The minimum atomic E-state index is -0.305. The van der Waals surface area contributed by atoms with Crippen LogP contribution in [0.4, 0.5) is 9.52 Å². The predicted octanol–water partition coefficient (Wildman–Crippen LogP) is 4.22. The van der Waals surface area contributed by atoms with E-state index in [4.69, 9.17) is 8.94 Å². The summed E-state index contributed by atoms with van der Waals surface area (Å²) >= 11 is 2.89. The average Bonchev–Trinajstić information content (AvgIpc) is 3.40. The van der Waals surface area contributed by atoms with E-state index in [2.05, 4.69) is 25.7 Å². The number of furan rings is 1. The SMILES string of the molecule is Fc1ccc(-c2noc(CSc3nnc(NCc4ccco4)s3)n2)cc1. The Hall–Kier alpha value is -2.72. The number of nitrogens with zero attached hydrogens (tertiary/aromatic N) is 4. The van der Waals surface area contributed by atoms with Crippen LogP contribution in [0.3, 0.4) is 0 Å². The molecule has 0 aliphatic carbocycles. The third kappa shape index (κ3) is 4.09. The second-order valence-corrected chi connectivity index (χ2v) is 7.31. The normalized spacial score (nSPS) is 11.0. The second kappa shape index (κ2) is 7.67. The van der Waals surface area contributed by atoms with Gasteiger partial charge >= 0.3 is 0 Å². The zero-order chi connectivity index (χ0) is 17.8. The largest absolute Gasteiger partial charge is 0.467 e. The summed E-state index contributed by atoms with van der Waals surface area (Å²) < 4.78 is 24.2. The quantitative estimate of drug-likeness (QED) is 0.470. The van der Waals surface area contributed by atoms with Gasteiger partial charge in [0.15, 0.2) is 4.34 Å². The van der Waals surface area contributed by atoms with Gasteiger partial charge in [0.25, 0.3) is 0 Å². The maximum Gasteiger partial charge on any atom is 0.237 e. The van der Waals surface area contributed by atoms with E-state index >= 15 is 0 Å². The molecule has 0 saturated heterocycles. The van der Waals surface area contributed by atoms with Gasteiger partial charge in [-0.25, -0.2) is 4.39 Å². The highest BCUT2D eigenvalue weighted by atomic mass is 32.2. The molecule has 0 aliphatic heterocycles. The molecule has 0 bridgehead atoms. The lowest BCUT2D eigenvalue weighted by Crippen LogP contribution is -1.96. The van der Waals surface area contributed by atoms with Gasteiger partial charge in [0, 0.05) is 5.56 Å². The summed E-state index contributed by atoms with van der Waals surface area (Å²) in [5, 5.41) is 16.0. The van der Waals surface area contributed by atoms with Crippen molar-refractivity contribution in [2.75, 3.05) is 5.32 Å². The molecule has 0 spiro atoms. The summed E-state index contributed by atoms with van der Waals surface area (Å²) in [4.78, 5) is 4.31. The van der Waals surface area contributed by atoms with Gasteiger partial charge in [-0.2, -0.15) is 4.98 Å². The van der Waals surface area contributed by atoms with Crippen LogP contribution in [-0.2, 0) is 12.3 Å². The van der Waals surface area contributed by atoms with Crippen LogP contribution in [0, 0.1) is 5.82 Å². The van der Waals surface area contributed by atoms with E-state index in [1.54, 1.807) is 18.4 Å². The van der Waals surface area contributed by atoms with Crippen molar-refractivity contribution < 1.29 is 13.3 Å². The van der Waals surface area contributed by atoms with Crippen molar-refractivity contribution in [1.82, 2.24) is 20.3 Å². The van der Waals surface area contributed by atoms with Crippen LogP contribution in [0.2, 0.25) is 0 Å². The fourth-order valence-corrected chi connectivity index (χ4v) is 3.65. The molecule has 132 valence electrons. The van der Waals surface area contributed by atoms with E-state index in [0.717, 1.165) is 10.1 Å². The number of hydrogen-bond donors (Lipinski definition) is 1. The van der Waals surface area contributed by atoms with Crippen LogP contribution in [0.15, 0.2) is 55.9 Å². The van der Waals surface area contributed by atoms with Crippen LogP contribution in [0.1, 0.15) is 11.7 Å². The van der Waals surface area contributed by atoms with Crippen LogP contribution in [0.25, 0.3) is 11.4 Å². The number of aromatic nitrogens is 4. The second-order valence-electron chi connectivity index (χ2n) is 5.11. The number of anilines is 1. The molecule has 0 radical (unpaired) electrons. The maximum atomic E-state index is 13.0. The topological polar surface area (TPSA) is 89.9 Å². The molecule has 7 nitrogen and oxygen atoms in total. The first-order valence-corrected chi connectivity index (χ1v) is 9.37. The van der Waals surface area contributed by atoms with E-state index in [9.17, 15) is 4.39 Å². The lowest BCUT2D eigenvalue weighted by Gasteiger charge is -1.96. The molecule has 3 aromatic heterocycles. The van der Waals surface area contributed by atoms with Crippen molar-refractivity contribution in [3.8, 4) is 11.4 Å². The van der Waals surface area contributed by atoms with Crippen molar-refractivity contribution in [3.63, 3.8) is 0 Å². The molecule has 0 fully saturated rings. The molecule has 3 heterocycles. The van der Waals surface area contributed by atoms with Gasteiger partial charge < -0.3 is 14.3 Å². The zero-order valence-electron chi connectivity index (χ0n) is 13.3. The lowest BCUT2D eigenvalue weighted by atomic mass is 10.2. The minimum absolute atomic E-state index is 0.305. The summed E-state index contributed by atoms with van der Waals surface area (Å²) in [6.07, 6.45) is 1.63. The first kappa shape index (κ1) is 16.7. The zero-order valence-corrected chi connectivity index (χ0v) is 14.9. The lowest BCUT2D eigenvalue weighted by molar-refractivity contribution is 0.391. The van der Waals surface area contributed by atoms with Crippen LogP contribution >= 0.6 is 23.1 Å². The molecule has 1 aromatic carbocycles. The molecule has 0 amide bonds. The van der Waals surface area contributed by atoms with Crippen molar-refractivity contribution in [3.05, 3.63) is 60.1 Å². The predicted molar refractivity (Wildman–Crippen MR) is 95.2 cm³/mol.